The summed E-state index contributed by atoms with van der Waals surface area (Å²) in [6, 6.07) is 7.81. The van der Waals surface area contributed by atoms with E-state index in [-0.39, 0.29) is 11.9 Å². The van der Waals surface area contributed by atoms with Gasteiger partial charge in [-0.25, -0.2) is 4.39 Å². The summed E-state index contributed by atoms with van der Waals surface area (Å²) in [5.74, 6) is -0.146. The Morgan fingerprint density at radius 3 is 2.75 bits per heavy atom. The van der Waals surface area contributed by atoms with Crippen molar-refractivity contribution < 1.29 is 4.39 Å². The predicted molar refractivity (Wildman–Crippen MR) is 63.9 cm³/mol. The van der Waals surface area contributed by atoms with Crippen molar-refractivity contribution in [3.63, 3.8) is 0 Å². The SMILES string of the molecule is CCN(C1CNC1)C(C)c1cccc(F)c1. The van der Waals surface area contributed by atoms with Gasteiger partial charge >= 0.3 is 0 Å². The Labute approximate surface area is 96.5 Å². The molecule has 0 aromatic heterocycles. The summed E-state index contributed by atoms with van der Waals surface area (Å²) >= 11 is 0. The maximum atomic E-state index is 13.2. The molecule has 88 valence electrons. The van der Waals surface area contributed by atoms with E-state index < -0.39 is 0 Å². The quantitative estimate of drug-likeness (QED) is 0.840. The van der Waals surface area contributed by atoms with Crippen LogP contribution in [-0.4, -0.2) is 30.6 Å². The Hall–Kier alpha value is -0.930. The maximum Gasteiger partial charge on any atom is 0.123 e. The van der Waals surface area contributed by atoms with Crippen LogP contribution in [0.2, 0.25) is 0 Å². The fourth-order valence-corrected chi connectivity index (χ4v) is 2.31. The molecular weight excluding hydrogens is 203 g/mol. The first-order chi connectivity index (χ1) is 7.72. The monoisotopic (exact) mass is 222 g/mol. The zero-order valence-electron chi connectivity index (χ0n) is 9.91. The van der Waals surface area contributed by atoms with Crippen LogP contribution in [0.25, 0.3) is 0 Å². The first-order valence-electron chi connectivity index (χ1n) is 5.94. The highest BCUT2D eigenvalue weighted by molar-refractivity contribution is 5.20. The van der Waals surface area contributed by atoms with E-state index in [1.807, 2.05) is 6.07 Å². The molecule has 0 radical (unpaired) electrons. The molecule has 0 spiro atoms. The molecule has 1 fully saturated rings. The van der Waals surface area contributed by atoms with Crippen LogP contribution >= 0.6 is 0 Å². The lowest BCUT2D eigenvalue weighted by molar-refractivity contribution is 0.109. The zero-order valence-corrected chi connectivity index (χ0v) is 9.91. The maximum absolute atomic E-state index is 13.2. The summed E-state index contributed by atoms with van der Waals surface area (Å²) in [7, 11) is 0. The van der Waals surface area contributed by atoms with Crippen LogP contribution in [0, 0.1) is 5.82 Å². The first-order valence-corrected chi connectivity index (χ1v) is 5.94. The minimum absolute atomic E-state index is 0.146. The minimum Gasteiger partial charge on any atom is -0.314 e. The van der Waals surface area contributed by atoms with Gasteiger partial charge in [-0.15, -0.1) is 0 Å². The topological polar surface area (TPSA) is 15.3 Å². The Kier molecular flexibility index (Phi) is 3.56. The first kappa shape index (κ1) is 11.6. The minimum atomic E-state index is -0.146. The lowest BCUT2D eigenvalue weighted by Gasteiger charge is -2.41. The van der Waals surface area contributed by atoms with Crippen LogP contribution in [0.15, 0.2) is 24.3 Å². The normalized spacial score (nSPS) is 18.5. The fraction of sp³-hybridized carbons (Fsp3) is 0.538. The van der Waals surface area contributed by atoms with Gasteiger partial charge in [0.25, 0.3) is 0 Å². The number of hydrogen-bond acceptors (Lipinski definition) is 2. The van der Waals surface area contributed by atoms with Crippen molar-refractivity contribution >= 4 is 0 Å². The second-order valence-electron chi connectivity index (χ2n) is 4.37. The molecule has 2 rings (SSSR count). The van der Waals surface area contributed by atoms with Crippen molar-refractivity contribution in [2.45, 2.75) is 25.9 Å². The molecule has 3 heteroatoms. The second-order valence-corrected chi connectivity index (χ2v) is 4.37. The molecule has 1 heterocycles. The average Bonchev–Trinajstić information content (AvgIpc) is 2.22. The Morgan fingerprint density at radius 2 is 2.25 bits per heavy atom. The highest BCUT2D eigenvalue weighted by atomic mass is 19.1. The molecule has 1 aromatic carbocycles. The smallest absolute Gasteiger partial charge is 0.123 e. The molecule has 0 amide bonds. The van der Waals surface area contributed by atoms with Gasteiger partial charge in [-0.1, -0.05) is 19.1 Å². The van der Waals surface area contributed by atoms with E-state index in [4.69, 9.17) is 0 Å². The van der Waals surface area contributed by atoms with Crippen molar-refractivity contribution in [2.75, 3.05) is 19.6 Å². The van der Waals surface area contributed by atoms with E-state index in [0.29, 0.717) is 6.04 Å². The second kappa shape index (κ2) is 4.93. The fourth-order valence-electron chi connectivity index (χ4n) is 2.31. The van der Waals surface area contributed by atoms with Crippen LogP contribution in [-0.2, 0) is 0 Å². The van der Waals surface area contributed by atoms with Crippen LogP contribution < -0.4 is 5.32 Å². The predicted octanol–water partition coefficient (Wildman–Crippen LogP) is 2.18. The van der Waals surface area contributed by atoms with Gasteiger partial charge in [-0.3, -0.25) is 4.90 Å². The summed E-state index contributed by atoms with van der Waals surface area (Å²) in [5, 5.41) is 3.28. The lowest BCUT2D eigenvalue weighted by Crippen LogP contribution is -2.57. The molecule has 1 aliphatic heterocycles. The summed E-state index contributed by atoms with van der Waals surface area (Å²) in [6.07, 6.45) is 0. The molecule has 1 N–H and O–H groups in total. The van der Waals surface area contributed by atoms with Crippen molar-refractivity contribution in [1.29, 1.82) is 0 Å². The van der Waals surface area contributed by atoms with Gasteiger partial charge in [0, 0.05) is 25.2 Å². The van der Waals surface area contributed by atoms with Crippen molar-refractivity contribution in [1.82, 2.24) is 10.2 Å². The third kappa shape index (κ3) is 2.25. The molecule has 1 saturated heterocycles. The third-order valence-electron chi connectivity index (χ3n) is 3.42. The van der Waals surface area contributed by atoms with Gasteiger partial charge in [0.05, 0.1) is 0 Å². The van der Waals surface area contributed by atoms with E-state index in [1.54, 1.807) is 12.1 Å². The number of hydrogen-bond donors (Lipinski definition) is 1. The van der Waals surface area contributed by atoms with E-state index in [0.717, 1.165) is 25.2 Å². The van der Waals surface area contributed by atoms with E-state index in [2.05, 4.69) is 24.1 Å². The van der Waals surface area contributed by atoms with E-state index in [9.17, 15) is 4.39 Å². The molecule has 1 aromatic rings. The molecule has 0 aliphatic carbocycles. The Bertz CT molecular complexity index is 350. The number of nitrogens with one attached hydrogen (secondary N) is 1. The molecule has 0 saturated carbocycles. The van der Waals surface area contributed by atoms with E-state index >= 15 is 0 Å². The number of likely N-dealkylation sites (N-methyl/N-ethyl adjacent to an activating group) is 1. The molecule has 0 bridgehead atoms. The number of benzene rings is 1. The van der Waals surface area contributed by atoms with Gasteiger partial charge < -0.3 is 5.32 Å². The summed E-state index contributed by atoms with van der Waals surface area (Å²) in [4.78, 5) is 2.42. The molecule has 2 nitrogen and oxygen atoms in total. The lowest BCUT2D eigenvalue weighted by atomic mass is 10.0. The molecule has 1 atom stereocenters. The van der Waals surface area contributed by atoms with Gasteiger partial charge in [-0.2, -0.15) is 0 Å². The van der Waals surface area contributed by atoms with Crippen LogP contribution in [0.3, 0.4) is 0 Å². The number of halogens is 1. The highest BCUT2D eigenvalue weighted by Gasteiger charge is 2.27. The molecular formula is C13H19FN2. The van der Waals surface area contributed by atoms with Crippen molar-refractivity contribution in [2.24, 2.45) is 0 Å². The van der Waals surface area contributed by atoms with Gasteiger partial charge in [-0.05, 0) is 31.2 Å². The van der Waals surface area contributed by atoms with Crippen molar-refractivity contribution in [3.8, 4) is 0 Å². The van der Waals surface area contributed by atoms with Crippen LogP contribution in [0.4, 0.5) is 4.39 Å². The van der Waals surface area contributed by atoms with Gasteiger partial charge in [0.15, 0.2) is 0 Å². The molecule has 1 aliphatic rings. The number of nitrogens with zero attached hydrogens (tertiary/aromatic N) is 1. The molecule has 16 heavy (non-hydrogen) atoms. The average molecular weight is 222 g/mol. The van der Waals surface area contributed by atoms with Crippen LogP contribution in [0.5, 0.6) is 0 Å². The van der Waals surface area contributed by atoms with Gasteiger partial charge in [0.1, 0.15) is 5.82 Å². The van der Waals surface area contributed by atoms with Crippen LogP contribution in [0.1, 0.15) is 25.5 Å². The standard InChI is InChI=1S/C13H19FN2/c1-3-16(13-8-15-9-13)10(2)11-5-4-6-12(14)7-11/h4-7,10,13,15H,3,8-9H2,1-2H3. The third-order valence-corrected chi connectivity index (χ3v) is 3.42. The largest absolute Gasteiger partial charge is 0.314 e. The number of rotatable bonds is 4. The Balaban J connectivity index is 2.12. The summed E-state index contributed by atoms with van der Waals surface area (Å²) < 4.78 is 13.2. The summed E-state index contributed by atoms with van der Waals surface area (Å²) in [5.41, 5.74) is 1.06. The van der Waals surface area contributed by atoms with E-state index in [1.165, 1.54) is 6.07 Å². The zero-order chi connectivity index (χ0) is 11.5. The highest BCUT2D eigenvalue weighted by Crippen LogP contribution is 2.23. The molecule has 1 unspecified atom stereocenters. The summed E-state index contributed by atoms with van der Waals surface area (Å²) in [6.45, 7) is 7.41. The van der Waals surface area contributed by atoms with Gasteiger partial charge in [0.2, 0.25) is 0 Å². The van der Waals surface area contributed by atoms with Crippen molar-refractivity contribution in [3.05, 3.63) is 35.6 Å². The Morgan fingerprint density at radius 1 is 1.50 bits per heavy atom.